The first kappa shape index (κ1) is 23.2. The van der Waals surface area contributed by atoms with Crippen molar-refractivity contribution in [1.29, 1.82) is 0 Å². The molecule has 0 aliphatic heterocycles. The van der Waals surface area contributed by atoms with Gasteiger partial charge < -0.3 is 14.8 Å². The van der Waals surface area contributed by atoms with Crippen LogP contribution in [0.3, 0.4) is 0 Å². The summed E-state index contributed by atoms with van der Waals surface area (Å²) in [5.41, 5.74) is 4.05. The number of Topliss-reactive ketones (excluding diaryl/α,β-unsaturated/α-hetero) is 1. The van der Waals surface area contributed by atoms with Crippen molar-refractivity contribution < 1.29 is 23.9 Å². The standard InChI is InChI=1S/C25H25NO5S/c1-5-30-25(29)22-16(3)23(17(4)27)32-24(22)26-21(28)14-31-20-12-10-19(11-13-20)18-8-6-15(2)7-9-18/h6-13H,5,14H2,1-4H3,(H,26,28). The molecule has 0 unspecified atom stereocenters. The molecule has 0 aliphatic carbocycles. The molecule has 0 fully saturated rings. The van der Waals surface area contributed by atoms with E-state index in [2.05, 4.69) is 29.6 Å². The van der Waals surface area contributed by atoms with Crippen LogP contribution in [0.25, 0.3) is 11.1 Å². The first-order valence-electron chi connectivity index (χ1n) is 10.2. The van der Waals surface area contributed by atoms with Crippen molar-refractivity contribution in [3.8, 4) is 16.9 Å². The summed E-state index contributed by atoms with van der Waals surface area (Å²) in [6.07, 6.45) is 0. The van der Waals surface area contributed by atoms with Gasteiger partial charge in [-0.3, -0.25) is 9.59 Å². The molecule has 0 radical (unpaired) electrons. The number of rotatable bonds is 8. The summed E-state index contributed by atoms with van der Waals surface area (Å²) in [7, 11) is 0. The number of esters is 1. The van der Waals surface area contributed by atoms with Crippen molar-refractivity contribution >= 4 is 34.0 Å². The van der Waals surface area contributed by atoms with Gasteiger partial charge in [-0.25, -0.2) is 4.79 Å². The van der Waals surface area contributed by atoms with Crippen LogP contribution in [0.1, 0.15) is 45.0 Å². The van der Waals surface area contributed by atoms with Crippen molar-refractivity contribution in [2.45, 2.75) is 27.7 Å². The number of carbonyl (C=O) groups excluding carboxylic acids is 3. The van der Waals surface area contributed by atoms with E-state index >= 15 is 0 Å². The van der Waals surface area contributed by atoms with Crippen LogP contribution in [-0.4, -0.2) is 30.9 Å². The second-order valence-corrected chi connectivity index (χ2v) is 8.28. The molecule has 1 heterocycles. The molecular formula is C25H25NO5S. The number of ketones is 1. The molecule has 7 heteroatoms. The molecule has 0 atom stereocenters. The van der Waals surface area contributed by atoms with Crippen LogP contribution in [0.15, 0.2) is 48.5 Å². The molecule has 0 aliphatic rings. The van der Waals surface area contributed by atoms with Crippen LogP contribution in [-0.2, 0) is 9.53 Å². The molecule has 0 spiro atoms. The molecule has 1 aromatic heterocycles. The van der Waals surface area contributed by atoms with E-state index in [0.29, 0.717) is 16.2 Å². The average Bonchev–Trinajstić information content (AvgIpc) is 3.09. The normalized spacial score (nSPS) is 10.5. The Hall–Kier alpha value is -3.45. The number of nitrogens with one attached hydrogen (secondary N) is 1. The van der Waals surface area contributed by atoms with Gasteiger partial charge in [0, 0.05) is 0 Å². The minimum atomic E-state index is -0.573. The van der Waals surface area contributed by atoms with Gasteiger partial charge in [0.15, 0.2) is 12.4 Å². The maximum Gasteiger partial charge on any atom is 0.341 e. The fourth-order valence-electron chi connectivity index (χ4n) is 3.19. The van der Waals surface area contributed by atoms with Gasteiger partial charge in [-0.2, -0.15) is 0 Å². The molecule has 1 amide bonds. The lowest BCUT2D eigenvalue weighted by atomic mass is 10.0. The summed E-state index contributed by atoms with van der Waals surface area (Å²) in [4.78, 5) is 37.1. The fourth-order valence-corrected chi connectivity index (χ4v) is 4.29. The molecule has 0 bridgehead atoms. The van der Waals surface area contributed by atoms with Gasteiger partial charge in [0.05, 0.1) is 17.0 Å². The summed E-state index contributed by atoms with van der Waals surface area (Å²) >= 11 is 1.06. The van der Waals surface area contributed by atoms with E-state index in [9.17, 15) is 14.4 Å². The second kappa shape index (κ2) is 10.2. The summed E-state index contributed by atoms with van der Waals surface area (Å²) in [6.45, 7) is 6.78. The molecular weight excluding hydrogens is 426 g/mol. The largest absolute Gasteiger partial charge is 0.484 e. The van der Waals surface area contributed by atoms with Gasteiger partial charge in [-0.1, -0.05) is 42.0 Å². The van der Waals surface area contributed by atoms with Crippen molar-refractivity contribution in [2.75, 3.05) is 18.5 Å². The summed E-state index contributed by atoms with van der Waals surface area (Å²) in [5, 5.41) is 2.97. The zero-order valence-corrected chi connectivity index (χ0v) is 19.3. The maximum absolute atomic E-state index is 12.5. The molecule has 1 N–H and O–H groups in total. The van der Waals surface area contributed by atoms with Crippen LogP contribution in [0.2, 0.25) is 0 Å². The number of benzene rings is 2. The van der Waals surface area contributed by atoms with E-state index in [1.165, 1.54) is 12.5 Å². The van der Waals surface area contributed by atoms with Crippen LogP contribution in [0.4, 0.5) is 5.00 Å². The number of amides is 1. The van der Waals surface area contributed by atoms with Gasteiger partial charge >= 0.3 is 5.97 Å². The molecule has 166 valence electrons. The minimum Gasteiger partial charge on any atom is -0.484 e. The monoisotopic (exact) mass is 451 g/mol. The smallest absolute Gasteiger partial charge is 0.341 e. The third kappa shape index (κ3) is 5.42. The van der Waals surface area contributed by atoms with Crippen molar-refractivity contribution in [1.82, 2.24) is 0 Å². The zero-order chi connectivity index (χ0) is 23.3. The predicted molar refractivity (Wildman–Crippen MR) is 126 cm³/mol. The maximum atomic E-state index is 12.5. The number of ether oxygens (including phenoxy) is 2. The topological polar surface area (TPSA) is 81.7 Å². The first-order valence-corrected chi connectivity index (χ1v) is 11.0. The lowest BCUT2D eigenvalue weighted by Crippen LogP contribution is -2.21. The van der Waals surface area contributed by atoms with Crippen LogP contribution in [0.5, 0.6) is 5.75 Å². The van der Waals surface area contributed by atoms with Crippen molar-refractivity contribution in [3.63, 3.8) is 0 Å². The molecule has 3 rings (SSSR count). The first-order chi connectivity index (χ1) is 15.3. The van der Waals surface area contributed by atoms with E-state index in [1.807, 2.05) is 19.1 Å². The van der Waals surface area contributed by atoms with E-state index in [0.717, 1.165) is 22.5 Å². The van der Waals surface area contributed by atoms with E-state index in [1.54, 1.807) is 26.0 Å². The van der Waals surface area contributed by atoms with Gasteiger partial charge in [0.1, 0.15) is 10.8 Å². The zero-order valence-electron chi connectivity index (χ0n) is 18.5. The van der Waals surface area contributed by atoms with Gasteiger partial charge in [0.25, 0.3) is 5.91 Å². The molecule has 32 heavy (non-hydrogen) atoms. The highest BCUT2D eigenvalue weighted by molar-refractivity contribution is 7.18. The van der Waals surface area contributed by atoms with E-state index in [4.69, 9.17) is 9.47 Å². The fraction of sp³-hybridized carbons (Fsp3) is 0.240. The number of aryl methyl sites for hydroxylation is 1. The predicted octanol–water partition coefficient (Wildman–Crippen LogP) is 5.43. The SMILES string of the molecule is CCOC(=O)c1c(NC(=O)COc2ccc(-c3ccc(C)cc3)cc2)sc(C(C)=O)c1C. The van der Waals surface area contributed by atoms with Gasteiger partial charge in [-0.05, 0) is 56.5 Å². The quantitative estimate of drug-likeness (QED) is 0.365. The van der Waals surface area contributed by atoms with E-state index < -0.39 is 11.9 Å². The number of carbonyl (C=O) groups is 3. The number of hydrogen-bond donors (Lipinski definition) is 1. The number of thiophene rings is 1. The molecule has 3 aromatic rings. The average molecular weight is 452 g/mol. The highest BCUT2D eigenvalue weighted by Crippen LogP contribution is 2.34. The lowest BCUT2D eigenvalue weighted by molar-refractivity contribution is -0.118. The summed E-state index contributed by atoms with van der Waals surface area (Å²) in [6, 6.07) is 15.7. The van der Waals surface area contributed by atoms with Gasteiger partial charge in [-0.15, -0.1) is 11.3 Å². The highest BCUT2D eigenvalue weighted by atomic mass is 32.1. The Morgan fingerprint density at radius 1 is 0.938 bits per heavy atom. The van der Waals surface area contributed by atoms with Crippen LogP contribution < -0.4 is 10.1 Å². The number of anilines is 1. The third-order valence-electron chi connectivity index (χ3n) is 4.81. The van der Waals surface area contributed by atoms with E-state index in [-0.39, 0.29) is 29.6 Å². The van der Waals surface area contributed by atoms with Crippen molar-refractivity contribution in [3.05, 3.63) is 70.1 Å². The van der Waals surface area contributed by atoms with Crippen molar-refractivity contribution in [2.24, 2.45) is 0 Å². The van der Waals surface area contributed by atoms with Crippen LogP contribution >= 0.6 is 11.3 Å². The van der Waals surface area contributed by atoms with Gasteiger partial charge in [0.2, 0.25) is 0 Å². The summed E-state index contributed by atoms with van der Waals surface area (Å²) in [5.74, 6) is -0.636. The lowest BCUT2D eigenvalue weighted by Gasteiger charge is -2.09. The molecule has 0 saturated carbocycles. The Morgan fingerprint density at radius 3 is 2.09 bits per heavy atom. The Bertz CT molecular complexity index is 1130. The number of hydrogen-bond acceptors (Lipinski definition) is 6. The Balaban J connectivity index is 1.67. The third-order valence-corrected chi connectivity index (χ3v) is 6.12. The Labute approximate surface area is 191 Å². The molecule has 6 nitrogen and oxygen atoms in total. The molecule has 2 aromatic carbocycles. The van der Waals surface area contributed by atoms with Crippen LogP contribution in [0, 0.1) is 13.8 Å². The molecule has 0 saturated heterocycles. The second-order valence-electron chi connectivity index (χ2n) is 7.26. The summed E-state index contributed by atoms with van der Waals surface area (Å²) < 4.78 is 10.7. The highest BCUT2D eigenvalue weighted by Gasteiger charge is 2.25. The Morgan fingerprint density at radius 2 is 1.53 bits per heavy atom. The Kier molecular flexibility index (Phi) is 7.43. The minimum absolute atomic E-state index is 0.177.